The molecule has 7 nitrogen and oxygen atoms in total. The Balaban J connectivity index is 1.54. The largest absolute Gasteiger partial charge is 0.386 e. The third-order valence-corrected chi connectivity index (χ3v) is 4.25. The number of nitrogens with zero attached hydrogens (tertiary/aromatic N) is 4. The van der Waals surface area contributed by atoms with Gasteiger partial charge < -0.3 is 15.3 Å². The second-order valence-electron chi connectivity index (χ2n) is 6.07. The normalized spacial score (nSPS) is 20.8. The van der Waals surface area contributed by atoms with E-state index in [1.165, 1.54) is 10.9 Å². The summed E-state index contributed by atoms with van der Waals surface area (Å²) in [6.45, 7) is 1.56. The standard InChI is InChI=1S/C16H20ClN5O2/c17-13-8-20-22(9-13)10-15(23)19-11-16(24)5-3-7-21(12-16)14-4-1-2-6-18-14/h1-2,4,6,8-9,24H,3,5,7,10-12H2,(H,19,23). The highest BCUT2D eigenvalue weighted by atomic mass is 35.5. The quantitative estimate of drug-likeness (QED) is 0.844. The van der Waals surface area contributed by atoms with Crippen molar-refractivity contribution < 1.29 is 9.90 Å². The third kappa shape index (κ3) is 4.24. The Labute approximate surface area is 145 Å². The molecule has 1 fully saturated rings. The highest BCUT2D eigenvalue weighted by molar-refractivity contribution is 6.30. The Morgan fingerprint density at radius 2 is 2.33 bits per heavy atom. The zero-order chi connectivity index (χ0) is 17.0. The van der Waals surface area contributed by atoms with E-state index in [4.69, 9.17) is 11.6 Å². The summed E-state index contributed by atoms with van der Waals surface area (Å²) in [4.78, 5) is 18.4. The molecule has 3 rings (SSSR count). The molecule has 0 aromatic carbocycles. The lowest BCUT2D eigenvalue weighted by molar-refractivity contribution is -0.123. The van der Waals surface area contributed by atoms with Crippen molar-refractivity contribution >= 4 is 23.3 Å². The minimum atomic E-state index is -0.965. The number of aliphatic hydroxyl groups is 1. The molecule has 0 bridgehead atoms. The van der Waals surface area contributed by atoms with Crippen LogP contribution in [0.25, 0.3) is 0 Å². The summed E-state index contributed by atoms with van der Waals surface area (Å²) in [6, 6.07) is 5.71. The molecule has 2 aromatic rings. The van der Waals surface area contributed by atoms with Gasteiger partial charge in [0.2, 0.25) is 5.91 Å². The van der Waals surface area contributed by atoms with Crippen LogP contribution in [0.4, 0.5) is 5.82 Å². The van der Waals surface area contributed by atoms with E-state index in [0.717, 1.165) is 18.8 Å². The first-order valence-corrected chi connectivity index (χ1v) is 8.25. The van der Waals surface area contributed by atoms with Gasteiger partial charge >= 0.3 is 0 Å². The number of amides is 1. The molecule has 24 heavy (non-hydrogen) atoms. The number of pyridine rings is 1. The molecular formula is C16H20ClN5O2. The second-order valence-corrected chi connectivity index (χ2v) is 6.51. The molecule has 3 heterocycles. The molecular weight excluding hydrogens is 330 g/mol. The van der Waals surface area contributed by atoms with Gasteiger partial charge in [-0.25, -0.2) is 4.98 Å². The van der Waals surface area contributed by atoms with Crippen molar-refractivity contribution in [3.8, 4) is 0 Å². The first kappa shape index (κ1) is 16.7. The van der Waals surface area contributed by atoms with Gasteiger partial charge in [-0.15, -0.1) is 0 Å². The number of nitrogens with one attached hydrogen (secondary N) is 1. The third-order valence-electron chi connectivity index (χ3n) is 4.05. The first-order valence-electron chi connectivity index (χ1n) is 7.87. The van der Waals surface area contributed by atoms with E-state index in [-0.39, 0.29) is 19.0 Å². The zero-order valence-corrected chi connectivity index (χ0v) is 14.0. The molecule has 2 N–H and O–H groups in total. The van der Waals surface area contributed by atoms with Gasteiger partial charge in [-0.1, -0.05) is 17.7 Å². The average Bonchev–Trinajstić information content (AvgIpc) is 2.99. The Morgan fingerprint density at radius 3 is 3.04 bits per heavy atom. The lowest BCUT2D eigenvalue weighted by atomic mass is 9.92. The maximum Gasteiger partial charge on any atom is 0.241 e. The fourth-order valence-electron chi connectivity index (χ4n) is 2.88. The molecule has 1 aliphatic rings. The monoisotopic (exact) mass is 349 g/mol. The van der Waals surface area contributed by atoms with Crippen LogP contribution in [0.2, 0.25) is 5.02 Å². The van der Waals surface area contributed by atoms with Crippen molar-refractivity contribution in [3.05, 3.63) is 41.8 Å². The van der Waals surface area contributed by atoms with E-state index in [9.17, 15) is 9.90 Å². The topological polar surface area (TPSA) is 83.3 Å². The van der Waals surface area contributed by atoms with Crippen molar-refractivity contribution in [2.45, 2.75) is 25.0 Å². The fraction of sp³-hybridized carbons (Fsp3) is 0.438. The van der Waals surface area contributed by atoms with Crippen molar-refractivity contribution in [1.82, 2.24) is 20.1 Å². The number of hydrogen-bond acceptors (Lipinski definition) is 5. The predicted octanol–water partition coefficient (Wildman–Crippen LogP) is 1.08. The van der Waals surface area contributed by atoms with Crippen LogP contribution in [0.1, 0.15) is 12.8 Å². The number of carbonyl (C=O) groups is 1. The molecule has 0 radical (unpaired) electrons. The number of halogens is 1. The van der Waals surface area contributed by atoms with Gasteiger partial charge in [0.15, 0.2) is 0 Å². The van der Waals surface area contributed by atoms with Crippen LogP contribution < -0.4 is 10.2 Å². The summed E-state index contributed by atoms with van der Waals surface area (Å²) in [7, 11) is 0. The van der Waals surface area contributed by atoms with E-state index in [0.29, 0.717) is 18.0 Å². The molecule has 0 aliphatic carbocycles. The number of carbonyl (C=O) groups excluding carboxylic acids is 1. The highest BCUT2D eigenvalue weighted by Crippen LogP contribution is 2.24. The number of anilines is 1. The molecule has 1 amide bonds. The van der Waals surface area contributed by atoms with E-state index >= 15 is 0 Å². The Morgan fingerprint density at radius 1 is 1.46 bits per heavy atom. The molecule has 0 saturated carbocycles. The van der Waals surface area contributed by atoms with E-state index in [1.54, 1.807) is 12.4 Å². The summed E-state index contributed by atoms with van der Waals surface area (Å²) < 4.78 is 1.46. The van der Waals surface area contributed by atoms with Gasteiger partial charge in [0, 0.05) is 32.0 Å². The van der Waals surface area contributed by atoms with Crippen LogP contribution in [0.5, 0.6) is 0 Å². The molecule has 8 heteroatoms. The van der Waals surface area contributed by atoms with E-state index in [1.807, 2.05) is 23.1 Å². The minimum absolute atomic E-state index is 0.0761. The summed E-state index contributed by atoms with van der Waals surface area (Å²) in [6.07, 6.45) is 6.29. The molecule has 1 aliphatic heterocycles. The van der Waals surface area contributed by atoms with Gasteiger partial charge in [0.25, 0.3) is 0 Å². The summed E-state index contributed by atoms with van der Waals surface area (Å²) in [5, 5.41) is 18.0. The van der Waals surface area contributed by atoms with Gasteiger partial charge in [-0.2, -0.15) is 5.10 Å². The number of hydrogen-bond donors (Lipinski definition) is 2. The van der Waals surface area contributed by atoms with Gasteiger partial charge in [0.1, 0.15) is 12.4 Å². The zero-order valence-electron chi connectivity index (χ0n) is 13.2. The summed E-state index contributed by atoms with van der Waals surface area (Å²) in [5.74, 6) is 0.631. The molecule has 1 atom stereocenters. The van der Waals surface area contributed by atoms with Crippen molar-refractivity contribution in [2.75, 3.05) is 24.5 Å². The number of piperidine rings is 1. The number of rotatable bonds is 5. The van der Waals surface area contributed by atoms with E-state index < -0.39 is 5.60 Å². The summed E-state index contributed by atoms with van der Waals surface area (Å²) in [5.41, 5.74) is -0.965. The fourth-order valence-corrected chi connectivity index (χ4v) is 3.04. The maximum atomic E-state index is 12.0. The van der Waals surface area contributed by atoms with Crippen LogP contribution in [0.15, 0.2) is 36.8 Å². The van der Waals surface area contributed by atoms with Crippen LogP contribution in [0.3, 0.4) is 0 Å². The van der Waals surface area contributed by atoms with Crippen LogP contribution in [-0.2, 0) is 11.3 Å². The minimum Gasteiger partial charge on any atom is -0.386 e. The highest BCUT2D eigenvalue weighted by Gasteiger charge is 2.34. The molecule has 1 unspecified atom stereocenters. The van der Waals surface area contributed by atoms with Crippen LogP contribution >= 0.6 is 11.6 Å². The predicted molar refractivity (Wildman–Crippen MR) is 90.9 cm³/mol. The summed E-state index contributed by atoms with van der Waals surface area (Å²) >= 11 is 5.77. The van der Waals surface area contributed by atoms with Crippen molar-refractivity contribution in [1.29, 1.82) is 0 Å². The Hall–Kier alpha value is -2.12. The Bertz CT molecular complexity index is 693. The van der Waals surface area contributed by atoms with Crippen molar-refractivity contribution in [2.24, 2.45) is 0 Å². The number of aromatic nitrogens is 3. The smallest absolute Gasteiger partial charge is 0.241 e. The molecule has 2 aromatic heterocycles. The Kier molecular flexibility index (Phi) is 5.01. The maximum absolute atomic E-state index is 12.0. The lowest BCUT2D eigenvalue weighted by Crippen LogP contribution is -2.54. The lowest BCUT2D eigenvalue weighted by Gasteiger charge is -2.39. The molecule has 0 spiro atoms. The van der Waals surface area contributed by atoms with Crippen LogP contribution in [0, 0.1) is 0 Å². The van der Waals surface area contributed by atoms with Crippen molar-refractivity contribution in [3.63, 3.8) is 0 Å². The van der Waals surface area contributed by atoms with Gasteiger partial charge in [0.05, 0.1) is 16.8 Å². The van der Waals surface area contributed by atoms with Gasteiger partial charge in [-0.05, 0) is 25.0 Å². The number of β-amino-alcohol motifs (C(OH)–C–C–N with tert-alkyl or cyclic N) is 1. The molecule has 128 valence electrons. The van der Waals surface area contributed by atoms with Crippen LogP contribution in [-0.4, -0.2) is 51.0 Å². The van der Waals surface area contributed by atoms with Gasteiger partial charge in [-0.3, -0.25) is 9.48 Å². The molecule has 1 saturated heterocycles. The van der Waals surface area contributed by atoms with E-state index in [2.05, 4.69) is 15.4 Å². The average molecular weight is 350 g/mol. The second kappa shape index (κ2) is 7.19. The first-order chi connectivity index (χ1) is 11.5. The SMILES string of the molecule is O=C(Cn1cc(Cl)cn1)NCC1(O)CCCN(c2ccccn2)C1.